The molecule has 0 aliphatic heterocycles. The summed E-state index contributed by atoms with van der Waals surface area (Å²) in [5.41, 5.74) is 2.44. The summed E-state index contributed by atoms with van der Waals surface area (Å²) in [5.74, 6) is 2.82. The van der Waals surface area contributed by atoms with E-state index in [4.69, 9.17) is 14.0 Å². The van der Waals surface area contributed by atoms with Gasteiger partial charge < -0.3 is 24.0 Å². The van der Waals surface area contributed by atoms with Gasteiger partial charge in [-0.1, -0.05) is 12.1 Å². The number of aromatic nitrogens is 3. The minimum absolute atomic E-state index is 0.624. The molecule has 0 bridgehead atoms. The van der Waals surface area contributed by atoms with E-state index in [2.05, 4.69) is 32.3 Å². The zero-order valence-corrected chi connectivity index (χ0v) is 17.1. The second-order valence-electron chi connectivity index (χ2n) is 6.22. The minimum atomic E-state index is 0.624. The van der Waals surface area contributed by atoms with Gasteiger partial charge in [0, 0.05) is 22.7 Å². The fourth-order valence-corrected chi connectivity index (χ4v) is 3.43. The Morgan fingerprint density at radius 2 is 1.93 bits per heavy atom. The number of rotatable bonds is 8. The Morgan fingerprint density at radius 1 is 1.10 bits per heavy atom. The van der Waals surface area contributed by atoms with Gasteiger partial charge in [0.1, 0.15) is 11.5 Å². The third-order valence-electron chi connectivity index (χ3n) is 4.39. The van der Waals surface area contributed by atoms with Crippen molar-refractivity contribution in [2.75, 3.05) is 24.3 Å². The summed E-state index contributed by atoms with van der Waals surface area (Å²) in [6.45, 7) is 2.07. The monoisotopic (exact) mass is 411 g/mol. The van der Waals surface area contributed by atoms with Gasteiger partial charge in [0.25, 0.3) is 0 Å². The summed E-state index contributed by atoms with van der Waals surface area (Å²) in [5, 5.41) is 15.5. The van der Waals surface area contributed by atoms with E-state index in [0.29, 0.717) is 23.0 Å². The molecule has 0 aliphatic rings. The predicted octanol–water partition coefficient (Wildman–Crippen LogP) is 4.99. The molecule has 2 aromatic heterocycles. The van der Waals surface area contributed by atoms with Crippen molar-refractivity contribution in [3.05, 3.63) is 48.2 Å². The molecule has 0 saturated heterocycles. The number of nitrogens with zero attached hydrogens (tertiary/aromatic N) is 2. The topological polar surface area (TPSA) is 97.2 Å². The first-order valence-corrected chi connectivity index (χ1v) is 9.87. The molecule has 2 aromatic carbocycles. The van der Waals surface area contributed by atoms with Gasteiger partial charge in [0.15, 0.2) is 17.2 Å². The van der Waals surface area contributed by atoms with Crippen LogP contribution in [0, 0.1) is 0 Å². The van der Waals surface area contributed by atoms with Crippen LogP contribution >= 0.6 is 11.9 Å². The molecule has 0 saturated carbocycles. The second-order valence-corrected chi connectivity index (χ2v) is 7.10. The molecule has 8 nitrogen and oxygen atoms in total. The Bertz CT molecular complexity index is 1110. The third kappa shape index (κ3) is 4.09. The van der Waals surface area contributed by atoms with E-state index in [1.807, 2.05) is 42.5 Å². The highest BCUT2D eigenvalue weighted by molar-refractivity contribution is 8.00. The van der Waals surface area contributed by atoms with Gasteiger partial charge in [-0.2, -0.15) is 5.10 Å². The summed E-state index contributed by atoms with van der Waals surface area (Å²) in [6.07, 6.45) is 0.883. The first-order valence-electron chi connectivity index (χ1n) is 9.05. The SMILES string of the molecule is CCc1cc(Nc2cc3onc(NSc4ccc(OC)cc4)c3cc2OC)n[nH]1. The van der Waals surface area contributed by atoms with Crippen LogP contribution in [0.1, 0.15) is 12.6 Å². The molecule has 29 heavy (non-hydrogen) atoms. The van der Waals surface area contributed by atoms with E-state index in [-0.39, 0.29) is 0 Å². The molecule has 0 unspecified atom stereocenters. The molecular weight excluding hydrogens is 390 g/mol. The van der Waals surface area contributed by atoms with E-state index in [0.717, 1.165) is 33.8 Å². The Morgan fingerprint density at radius 3 is 2.62 bits per heavy atom. The van der Waals surface area contributed by atoms with Crippen LogP contribution in [0.3, 0.4) is 0 Å². The van der Waals surface area contributed by atoms with Crippen LogP contribution in [0.25, 0.3) is 11.0 Å². The van der Waals surface area contributed by atoms with Crippen molar-refractivity contribution in [3.63, 3.8) is 0 Å². The Labute approximate surface area is 172 Å². The highest BCUT2D eigenvalue weighted by atomic mass is 32.2. The van der Waals surface area contributed by atoms with Gasteiger partial charge in [0.2, 0.25) is 0 Å². The largest absolute Gasteiger partial charge is 0.497 e. The molecule has 0 amide bonds. The Kier molecular flexibility index (Phi) is 5.48. The van der Waals surface area contributed by atoms with Crippen LogP contribution in [0.5, 0.6) is 11.5 Å². The first kappa shape index (κ1) is 19.0. The van der Waals surface area contributed by atoms with E-state index in [9.17, 15) is 0 Å². The van der Waals surface area contributed by atoms with Crippen molar-refractivity contribution in [2.24, 2.45) is 0 Å². The summed E-state index contributed by atoms with van der Waals surface area (Å²) in [6, 6.07) is 13.5. The number of nitrogens with one attached hydrogen (secondary N) is 3. The van der Waals surface area contributed by atoms with Crippen molar-refractivity contribution in [3.8, 4) is 11.5 Å². The number of benzene rings is 2. The van der Waals surface area contributed by atoms with Gasteiger partial charge in [-0.25, -0.2) is 0 Å². The molecule has 150 valence electrons. The normalized spacial score (nSPS) is 10.9. The van der Waals surface area contributed by atoms with Crippen LogP contribution in [0.15, 0.2) is 51.9 Å². The van der Waals surface area contributed by atoms with Crippen molar-refractivity contribution in [2.45, 2.75) is 18.2 Å². The van der Waals surface area contributed by atoms with E-state index < -0.39 is 0 Å². The molecule has 4 rings (SSSR count). The van der Waals surface area contributed by atoms with Gasteiger partial charge >= 0.3 is 0 Å². The average Bonchev–Trinajstić information content (AvgIpc) is 3.38. The van der Waals surface area contributed by atoms with Crippen molar-refractivity contribution in [1.29, 1.82) is 0 Å². The molecule has 0 fully saturated rings. The quantitative estimate of drug-likeness (QED) is 0.349. The van der Waals surface area contributed by atoms with Gasteiger partial charge in [0.05, 0.1) is 25.3 Å². The van der Waals surface area contributed by atoms with Crippen molar-refractivity contribution >= 4 is 40.2 Å². The van der Waals surface area contributed by atoms with Crippen molar-refractivity contribution < 1.29 is 14.0 Å². The smallest absolute Gasteiger partial charge is 0.187 e. The molecule has 4 aromatic rings. The van der Waals surface area contributed by atoms with Crippen LogP contribution in [0.4, 0.5) is 17.3 Å². The van der Waals surface area contributed by atoms with E-state index in [1.165, 1.54) is 11.9 Å². The number of aryl methyl sites for hydroxylation is 1. The number of anilines is 3. The molecular formula is C20H21N5O3S. The van der Waals surface area contributed by atoms with Crippen LogP contribution < -0.4 is 19.5 Å². The van der Waals surface area contributed by atoms with E-state index in [1.54, 1.807) is 14.2 Å². The molecule has 3 N–H and O–H groups in total. The van der Waals surface area contributed by atoms with Crippen LogP contribution in [0.2, 0.25) is 0 Å². The number of hydrogen-bond acceptors (Lipinski definition) is 8. The zero-order valence-electron chi connectivity index (χ0n) is 16.3. The maximum atomic E-state index is 5.55. The number of aromatic amines is 1. The molecule has 0 radical (unpaired) electrons. The zero-order chi connectivity index (χ0) is 20.2. The molecule has 9 heteroatoms. The van der Waals surface area contributed by atoms with Crippen LogP contribution in [-0.4, -0.2) is 29.6 Å². The number of H-pyrrole nitrogens is 1. The van der Waals surface area contributed by atoms with Gasteiger partial charge in [-0.05, 0) is 48.7 Å². The maximum Gasteiger partial charge on any atom is 0.187 e. The predicted molar refractivity (Wildman–Crippen MR) is 114 cm³/mol. The summed E-state index contributed by atoms with van der Waals surface area (Å²) in [4.78, 5) is 1.03. The fourth-order valence-electron chi connectivity index (χ4n) is 2.80. The lowest BCUT2D eigenvalue weighted by Gasteiger charge is -2.09. The van der Waals surface area contributed by atoms with E-state index >= 15 is 0 Å². The molecule has 0 atom stereocenters. The standard InChI is InChI=1S/C20H21N5O3S/c1-4-12-9-19(23-22-12)21-16-11-17-15(10-18(16)27-3)20(24-28-17)25-29-14-7-5-13(26-2)6-8-14/h5-11H,4H2,1-3H3,(H,24,25)(H2,21,22,23). The lowest BCUT2D eigenvalue weighted by Crippen LogP contribution is -1.95. The van der Waals surface area contributed by atoms with Crippen molar-refractivity contribution in [1.82, 2.24) is 15.4 Å². The van der Waals surface area contributed by atoms with Gasteiger partial charge in [-0.3, -0.25) is 5.10 Å². The Hall–Kier alpha value is -3.33. The number of ether oxygens (including phenoxy) is 2. The van der Waals surface area contributed by atoms with Gasteiger partial charge in [-0.15, -0.1) is 0 Å². The first-order chi connectivity index (χ1) is 14.2. The summed E-state index contributed by atoms with van der Waals surface area (Å²) >= 11 is 1.44. The highest BCUT2D eigenvalue weighted by Crippen LogP contribution is 2.36. The minimum Gasteiger partial charge on any atom is -0.497 e. The molecule has 0 aliphatic carbocycles. The molecule has 2 heterocycles. The lowest BCUT2D eigenvalue weighted by atomic mass is 10.2. The lowest BCUT2D eigenvalue weighted by molar-refractivity contribution is 0.414. The summed E-state index contributed by atoms with van der Waals surface area (Å²) in [7, 11) is 3.27. The second kappa shape index (κ2) is 8.36. The maximum absolute atomic E-state index is 5.55. The number of hydrogen-bond donors (Lipinski definition) is 3. The highest BCUT2D eigenvalue weighted by Gasteiger charge is 2.15. The summed E-state index contributed by atoms with van der Waals surface area (Å²) < 4.78 is 19.5. The number of methoxy groups -OCH3 is 2. The average molecular weight is 411 g/mol. The third-order valence-corrected chi connectivity index (χ3v) is 5.19. The Balaban J connectivity index is 1.55. The molecule has 0 spiro atoms. The van der Waals surface area contributed by atoms with Crippen LogP contribution in [-0.2, 0) is 6.42 Å². The number of fused-ring (bicyclic) bond motifs is 1. The fraction of sp³-hybridized carbons (Fsp3) is 0.200.